The van der Waals surface area contributed by atoms with Gasteiger partial charge in [-0.05, 0) is 48.2 Å². The van der Waals surface area contributed by atoms with E-state index in [1.165, 1.54) is 56.7 Å². The number of anilines is 2. The molecule has 1 heterocycles. The van der Waals surface area contributed by atoms with E-state index in [-0.39, 0.29) is 45.7 Å². The number of aromatic nitrogens is 1. The van der Waals surface area contributed by atoms with Crippen LogP contribution < -0.4 is 21.3 Å². The normalized spacial score (nSPS) is 12.0. The number of hydrogen-bond donors (Lipinski definition) is 4. The van der Waals surface area contributed by atoms with Crippen molar-refractivity contribution in [3.05, 3.63) is 89.2 Å². The molecule has 3 rings (SSSR count). The molecule has 0 fully saturated rings. The van der Waals surface area contributed by atoms with Crippen molar-refractivity contribution in [2.24, 2.45) is 11.8 Å². The van der Waals surface area contributed by atoms with Crippen LogP contribution in [0.2, 0.25) is 0 Å². The number of esters is 2. The van der Waals surface area contributed by atoms with Crippen LogP contribution in [0.15, 0.2) is 66.7 Å². The summed E-state index contributed by atoms with van der Waals surface area (Å²) in [4.78, 5) is 81.0. The van der Waals surface area contributed by atoms with Gasteiger partial charge in [-0.3, -0.25) is 19.2 Å². The fraction of sp³-hybridized carbons (Fsp3) is 0.303. The van der Waals surface area contributed by atoms with E-state index in [9.17, 15) is 28.8 Å². The molecule has 0 spiro atoms. The predicted molar refractivity (Wildman–Crippen MR) is 169 cm³/mol. The molecule has 0 aliphatic heterocycles. The number of ether oxygens (including phenoxy) is 2. The largest absolute Gasteiger partial charge is 0.467 e. The second kappa shape index (κ2) is 15.9. The Hall–Kier alpha value is -5.59. The van der Waals surface area contributed by atoms with Gasteiger partial charge in [-0.1, -0.05) is 58.0 Å². The van der Waals surface area contributed by atoms with Crippen molar-refractivity contribution >= 4 is 46.9 Å². The molecule has 2 atom stereocenters. The first kappa shape index (κ1) is 34.9. The Bertz CT molecular complexity index is 1510. The van der Waals surface area contributed by atoms with Crippen LogP contribution in [0, 0.1) is 11.8 Å². The highest BCUT2D eigenvalue weighted by Crippen LogP contribution is 2.19. The molecule has 0 unspecified atom stereocenters. The highest BCUT2D eigenvalue weighted by Gasteiger charge is 2.28. The smallest absolute Gasteiger partial charge is 0.328 e. The molecule has 0 saturated heterocycles. The van der Waals surface area contributed by atoms with Crippen molar-refractivity contribution in [2.45, 2.75) is 39.8 Å². The monoisotopic (exact) mass is 631 g/mol. The standard InChI is InChI=1S/C33H37N5O8/c1-18(2)26(32(43)45-5)37-28(39)20-12-7-9-14-22(20)35-30(41)24-16-11-17-25(34-24)31(42)36-23-15-10-8-13-21(23)29(40)38-27(19(3)4)33(44)46-6/h7-19,26-27H,1-6H3,(H,35,41)(H,36,42)(H,37,39)(H,38,40)/t26-,27-/m0/s1. The minimum absolute atomic E-state index is 0.0982. The lowest BCUT2D eigenvalue weighted by molar-refractivity contribution is -0.144. The molecule has 0 bridgehead atoms. The summed E-state index contributed by atoms with van der Waals surface area (Å²) in [7, 11) is 2.45. The number of rotatable bonds is 12. The average Bonchev–Trinajstić information content (AvgIpc) is 3.05. The average molecular weight is 632 g/mol. The van der Waals surface area contributed by atoms with Gasteiger partial charge in [0.1, 0.15) is 23.5 Å². The molecular formula is C33H37N5O8. The topological polar surface area (TPSA) is 182 Å². The molecular weight excluding hydrogens is 594 g/mol. The number of methoxy groups -OCH3 is 2. The van der Waals surface area contributed by atoms with Crippen molar-refractivity contribution in [1.29, 1.82) is 0 Å². The first-order valence-corrected chi connectivity index (χ1v) is 14.4. The molecule has 0 saturated carbocycles. The zero-order chi connectivity index (χ0) is 34.0. The number of amides is 4. The fourth-order valence-electron chi connectivity index (χ4n) is 4.33. The second-order valence-electron chi connectivity index (χ2n) is 10.8. The van der Waals surface area contributed by atoms with Gasteiger partial charge in [0.15, 0.2) is 0 Å². The third-order valence-electron chi connectivity index (χ3n) is 6.87. The highest BCUT2D eigenvalue weighted by atomic mass is 16.5. The number of carbonyl (C=O) groups is 6. The van der Waals surface area contributed by atoms with Crippen LogP contribution in [-0.2, 0) is 19.1 Å². The lowest BCUT2D eigenvalue weighted by Crippen LogP contribution is -2.45. The molecule has 0 radical (unpaired) electrons. The van der Waals surface area contributed by atoms with E-state index in [0.717, 1.165) is 0 Å². The van der Waals surface area contributed by atoms with E-state index in [0.29, 0.717) is 0 Å². The minimum Gasteiger partial charge on any atom is -0.467 e. The van der Waals surface area contributed by atoms with Gasteiger partial charge in [0.05, 0.1) is 36.7 Å². The summed E-state index contributed by atoms with van der Waals surface area (Å²) in [6.07, 6.45) is 0. The first-order chi connectivity index (χ1) is 21.9. The Labute approximate surface area is 266 Å². The first-order valence-electron chi connectivity index (χ1n) is 14.4. The van der Waals surface area contributed by atoms with Crippen LogP contribution in [0.25, 0.3) is 0 Å². The van der Waals surface area contributed by atoms with Gasteiger partial charge < -0.3 is 30.7 Å². The van der Waals surface area contributed by atoms with E-state index in [1.54, 1.807) is 52.0 Å². The molecule has 13 nitrogen and oxygen atoms in total. The number of benzene rings is 2. The summed E-state index contributed by atoms with van der Waals surface area (Å²) in [5.41, 5.74) is 0.256. The van der Waals surface area contributed by atoms with Crippen LogP contribution >= 0.6 is 0 Å². The summed E-state index contributed by atoms with van der Waals surface area (Å²) in [6.45, 7) is 7.02. The van der Waals surface area contributed by atoms with Crippen LogP contribution in [0.3, 0.4) is 0 Å². The molecule has 3 aromatic rings. The summed E-state index contributed by atoms with van der Waals surface area (Å²) >= 11 is 0. The van der Waals surface area contributed by atoms with Crippen LogP contribution in [0.4, 0.5) is 11.4 Å². The predicted octanol–water partition coefficient (Wildman–Crippen LogP) is 3.44. The maximum Gasteiger partial charge on any atom is 0.328 e. The number of carbonyl (C=O) groups excluding carboxylic acids is 6. The molecule has 0 aliphatic carbocycles. The van der Waals surface area contributed by atoms with E-state index in [4.69, 9.17) is 9.47 Å². The van der Waals surface area contributed by atoms with Gasteiger partial charge in [-0.25, -0.2) is 14.6 Å². The Balaban J connectivity index is 1.78. The summed E-state index contributed by atoms with van der Waals surface area (Å²) < 4.78 is 9.57. The van der Waals surface area contributed by atoms with Gasteiger partial charge in [0, 0.05) is 0 Å². The molecule has 46 heavy (non-hydrogen) atoms. The van der Waals surface area contributed by atoms with E-state index in [1.807, 2.05) is 0 Å². The molecule has 242 valence electrons. The van der Waals surface area contributed by atoms with E-state index < -0.39 is 47.7 Å². The Morgan fingerprint density at radius 2 is 0.913 bits per heavy atom. The van der Waals surface area contributed by atoms with Crippen LogP contribution in [0.5, 0.6) is 0 Å². The third-order valence-corrected chi connectivity index (χ3v) is 6.87. The van der Waals surface area contributed by atoms with Crippen LogP contribution in [-0.4, -0.2) is 66.9 Å². The van der Waals surface area contributed by atoms with Gasteiger partial charge in [-0.15, -0.1) is 0 Å². The Kier molecular flexibility index (Phi) is 12.1. The van der Waals surface area contributed by atoms with Gasteiger partial charge >= 0.3 is 11.9 Å². The zero-order valence-electron chi connectivity index (χ0n) is 26.4. The quantitative estimate of drug-likeness (QED) is 0.218. The van der Waals surface area contributed by atoms with E-state index in [2.05, 4.69) is 26.3 Å². The summed E-state index contributed by atoms with van der Waals surface area (Å²) in [5, 5.41) is 10.5. The van der Waals surface area contributed by atoms with Crippen molar-refractivity contribution in [3.8, 4) is 0 Å². The molecule has 4 N–H and O–H groups in total. The summed E-state index contributed by atoms with van der Waals surface area (Å²) in [5.74, 6) is -4.33. The molecule has 4 amide bonds. The van der Waals surface area contributed by atoms with E-state index >= 15 is 0 Å². The molecule has 0 aliphatic rings. The van der Waals surface area contributed by atoms with Crippen molar-refractivity contribution in [3.63, 3.8) is 0 Å². The van der Waals surface area contributed by atoms with Crippen molar-refractivity contribution in [1.82, 2.24) is 15.6 Å². The maximum atomic E-state index is 13.2. The number of para-hydroxylation sites is 2. The fourth-order valence-corrected chi connectivity index (χ4v) is 4.33. The zero-order valence-corrected chi connectivity index (χ0v) is 26.4. The SMILES string of the molecule is COC(=O)[C@@H](NC(=O)c1ccccc1NC(=O)c1cccc(C(=O)Nc2ccccc2C(=O)N[C@H](C(=O)OC)C(C)C)n1)C(C)C. The Morgan fingerprint density at radius 3 is 1.26 bits per heavy atom. The van der Waals surface area contributed by atoms with Gasteiger partial charge in [0.25, 0.3) is 23.6 Å². The lowest BCUT2D eigenvalue weighted by Gasteiger charge is -2.20. The second-order valence-corrected chi connectivity index (χ2v) is 10.8. The summed E-state index contributed by atoms with van der Waals surface area (Å²) in [6, 6.07) is 14.9. The highest BCUT2D eigenvalue weighted by molar-refractivity contribution is 6.11. The van der Waals surface area contributed by atoms with Crippen LogP contribution in [0.1, 0.15) is 69.4 Å². The Morgan fingerprint density at radius 1 is 0.543 bits per heavy atom. The molecule has 13 heteroatoms. The number of pyridine rings is 1. The van der Waals surface area contributed by atoms with Crippen molar-refractivity contribution in [2.75, 3.05) is 24.9 Å². The lowest BCUT2D eigenvalue weighted by atomic mass is 10.0. The number of hydrogen-bond acceptors (Lipinski definition) is 9. The van der Waals surface area contributed by atoms with Crippen molar-refractivity contribution < 1.29 is 38.2 Å². The molecule has 2 aromatic carbocycles. The van der Waals surface area contributed by atoms with Gasteiger partial charge in [0.2, 0.25) is 0 Å². The third kappa shape index (κ3) is 8.74. The maximum absolute atomic E-state index is 13.2. The number of nitrogens with zero attached hydrogens (tertiary/aromatic N) is 1. The molecule has 1 aromatic heterocycles. The number of nitrogens with one attached hydrogen (secondary N) is 4. The minimum atomic E-state index is -0.904. The van der Waals surface area contributed by atoms with Gasteiger partial charge in [-0.2, -0.15) is 0 Å².